The highest BCUT2D eigenvalue weighted by atomic mass is 19.4. The van der Waals surface area contributed by atoms with Gasteiger partial charge >= 0.3 is 12.4 Å². The van der Waals surface area contributed by atoms with Crippen LogP contribution in [0.1, 0.15) is 11.1 Å². The molecule has 0 atom stereocenters. The van der Waals surface area contributed by atoms with Crippen molar-refractivity contribution in [2.45, 2.75) is 18.9 Å². The van der Waals surface area contributed by atoms with Gasteiger partial charge in [-0.15, -0.1) is 0 Å². The Labute approximate surface area is 183 Å². The highest BCUT2D eigenvalue weighted by molar-refractivity contribution is 5.69. The number of halogens is 6. The quantitative estimate of drug-likeness (QED) is 0.276. The summed E-state index contributed by atoms with van der Waals surface area (Å²) in [7, 11) is 0. The van der Waals surface area contributed by atoms with E-state index in [1.807, 2.05) is 0 Å². The summed E-state index contributed by atoms with van der Waals surface area (Å²) in [5, 5.41) is 0. The molecular formula is C20H18F6N6O. The van der Waals surface area contributed by atoms with Crippen LogP contribution in [-0.2, 0) is 6.54 Å². The predicted octanol–water partition coefficient (Wildman–Crippen LogP) is 3.59. The van der Waals surface area contributed by atoms with Crippen LogP contribution in [0.4, 0.5) is 26.3 Å². The summed E-state index contributed by atoms with van der Waals surface area (Å²) in [6.07, 6.45) is -5.05. The number of rotatable bonds is 7. The molecule has 5 N–H and O–H groups in total. The average molecular weight is 472 g/mol. The maximum absolute atomic E-state index is 13.1. The van der Waals surface area contributed by atoms with Crippen LogP contribution in [-0.4, -0.2) is 33.5 Å². The lowest BCUT2D eigenvalue weighted by Gasteiger charge is -2.14. The van der Waals surface area contributed by atoms with E-state index in [0.29, 0.717) is 11.3 Å². The second-order valence-electron chi connectivity index (χ2n) is 6.80. The topological polar surface area (TPSA) is 104 Å². The number of hydrazine groups is 1. The van der Waals surface area contributed by atoms with Crippen molar-refractivity contribution in [3.8, 4) is 17.1 Å². The van der Waals surface area contributed by atoms with Gasteiger partial charge in [-0.05, 0) is 18.2 Å². The van der Waals surface area contributed by atoms with E-state index in [4.69, 9.17) is 16.3 Å². The van der Waals surface area contributed by atoms with Crippen LogP contribution in [0, 0.1) is 0 Å². The molecule has 7 nitrogen and oxygen atoms in total. The molecule has 0 bridgehead atoms. The predicted molar refractivity (Wildman–Crippen MR) is 107 cm³/mol. The molecule has 0 aliphatic heterocycles. The van der Waals surface area contributed by atoms with Crippen LogP contribution in [0.3, 0.4) is 0 Å². The third-order valence-electron chi connectivity index (χ3n) is 4.38. The SMILES string of the molecule is NN/C(=C(\N)c1ccnc(-c2cn(Cc3ccccc3OCC(F)(F)F)cn2)c1)C(F)(F)F. The van der Waals surface area contributed by atoms with Gasteiger partial charge in [0.15, 0.2) is 12.3 Å². The van der Waals surface area contributed by atoms with Gasteiger partial charge in [-0.3, -0.25) is 10.8 Å². The lowest BCUT2D eigenvalue weighted by molar-refractivity contribution is -0.153. The third-order valence-corrected chi connectivity index (χ3v) is 4.38. The first-order valence-corrected chi connectivity index (χ1v) is 9.27. The Morgan fingerprint density at radius 2 is 1.76 bits per heavy atom. The number of para-hydroxylation sites is 1. The second kappa shape index (κ2) is 9.40. The maximum Gasteiger partial charge on any atom is 0.434 e. The van der Waals surface area contributed by atoms with E-state index < -0.39 is 30.4 Å². The van der Waals surface area contributed by atoms with Crippen molar-refractivity contribution >= 4 is 5.70 Å². The van der Waals surface area contributed by atoms with Crippen LogP contribution >= 0.6 is 0 Å². The molecule has 2 aromatic heterocycles. The normalized spacial score (nSPS) is 12.9. The summed E-state index contributed by atoms with van der Waals surface area (Å²) in [5.41, 5.74) is 6.31. The minimum absolute atomic E-state index is 0.0192. The van der Waals surface area contributed by atoms with Crippen molar-refractivity contribution in [3.63, 3.8) is 0 Å². The Bertz CT molecular complexity index is 1140. The fourth-order valence-corrected chi connectivity index (χ4v) is 2.91. The number of pyridine rings is 1. The number of alkyl halides is 6. The summed E-state index contributed by atoms with van der Waals surface area (Å²) < 4.78 is 83.1. The first-order valence-electron chi connectivity index (χ1n) is 9.27. The van der Waals surface area contributed by atoms with Gasteiger partial charge in [0.25, 0.3) is 0 Å². The first-order chi connectivity index (χ1) is 15.5. The molecule has 2 heterocycles. The van der Waals surface area contributed by atoms with E-state index in [9.17, 15) is 26.3 Å². The standard InChI is InChI=1S/C20H18F6N6O/c21-19(22,23)10-33-16-4-2-1-3-13(16)8-32-9-15(30-11-32)14-7-12(5-6-29-14)17(27)18(31-28)20(24,25)26/h1-7,9,11,31H,8,10,27-28H2/b18-17-. The molecule has 0 saturated heterocycles. The minimum atomic E-state index is -4.79. The fourth-order valence-electron chi connectivity index (χ4n) is 2.91. The number of ether oxygens (including phenoxy) is 1. The van der Waals surface area contributed by atoms with Gasteiger partial charge < -0.3 is 20.5 Å². The van der Waals surface area contributed by atoms with Crippen molar-refractivity contribution in [1.82, 2.24) is 20.0 Å². The first kappa shape index (κ1) is 23.9. The van der Waals surface area contributed by atoms with Gasteiger partial charge in [-0.2, -0.15) is 26.3 Å². The Morgan fingerprint density at radius 3 is 2.42 bits per heavy atom. The van der Waals surface area contributed by atoms with Gasteiger partial charge in [0.2, 0.25) is 0 Å². The van der Waals surface area contributed by atoms with Crippen LogP contribution in [0.2, 0.25) is 0 Å². The molecule has 0 radical (unpaired) electrons. The Balaban J connectivity index is 1.84. The largest absolute Gasteiger partial charge is 0.484 e. The summed E-state index contributed by atoms with van der Waals surface area (Å²) in [6.45, 7) is -1.29. The summed E-state index contributed by atoms with van der Waals surface area (Å²) >= 11 is 0. The molecule has 0 amide bonds. The van der Waals surface area contributed by atoms with Gasteiger partial charge in [-0.25, -0.2) is 4.98 Å². The zero-order valence-electron chi connectivity index (χ0n) is 16.8. The smallest absolute Gasteiger partial charge is 0.434 e. The summed E-state index contributed by atoms with van der Waals surface area (Å²) in [6, 6.07) is 8.82. The van der Waals surface area contributed by atoms with E-state index in [1.54, 1.807) is 34.4 Å². The van der Waals surface area contributed by atoms with Crippen molar-refractivity contribution in [1.29, 1.82) is 0 Å². The maximum atomic E-state index is 13.1. The van der Waals surface area contributed by atoms with E-state index in [0.717, 1.165) is 0 Å². The van der Waals surface area contributed by atoms with Crippen LogP contribution in [0.5, 0.6) is 5.75 Å². The van der Waals surface area contributed by atoms with Gasteiger partial charge in [0.1, 0.15) is 11.4 Å². The molecule has 0 aliphatic carbocycles. The molecule has 3 rings (SSSR count). The van der Waals surface area contributed by atoms with Crippen LogP contribution in [0.25, 0.3) is 17.1 Å². The van der Waals surface area contributed by atoms with Crippen LogP contribution < -0.4 is 21.7 Å². The number of nitrogens with two attached hydrogens (primary N) is 2. The number of nitrogens with zero attached hydrogens (tertiary/aromatic N) is 3. The lowest BCUT2D eigenvalue weighted by atomic mass is 10.1. The highest BCUT2D eigenvalue weighted by Crippen LogP contribution is 2.29. The third kappa shape index (κ3) is 6.16. The molecule has 176 valence electrons. The summed E-state index contributed by atoms with van der Waals surface area (Å²) in [4.78, 5) is 8.27. The molecule has 0 fully saturated rings. The molecule has 3 aromatic rings. The number of benzene rings is 1. The van der Waals surface area contributed by atoms with Crippen molar-refractivity contribution < 1.29 is 31.1 Å². The molecular weight excluding hydrogens is 454 g/mol. The van der Waals surface area contributed by atoms with Gasteiger partial charge in [-0.1, -0.05) is 18.2 Å². The van der Waals surface area contributed by atoms with E-state index in [1.165, 1.54) is 30.7 Å². The number of allylic oxidation sites excluding steroid dienone is 1. The molecule has 1 aromatic carbocycles. The molecule has 0 spiro atoms. The number of hydrogen-bond acceptors (Lipinski definition) is 6. The molecule has 0 saturated carbocycles. The Hall–Kier alpha value is -3.74. The zero-order valence-corrected chi connectivity index (χ0v) is 16.8. The average Bonchev–Trinajstić information content (AvgIpc) is 3.20. The number of imidazole rings is 1. The van der Waals surface area contributed by atoms with Gasteiger partial charge in [0, 0.05) is 23.5 Å². The van der Waals surface area contributed by atoms with Crippen LogP contribution in [0.15, 0.2) is 60.8 Å². The number of hydrogen-bond donors (Lipinski definition) is 3. The van der Waals surface area contributed by atoms with Crippen molar-refractivity contribution in [2.24, 2.45) is 11.6 Å². The Kier molecular flexibility index (Phi) is 6.81. The minimum Gasteiger partial charge on any atom is -0.484 e. The molecule has 13 heteroatoms. The number of nitrogens with one attached hydrogen (secondary N) is 1. The lowest BCUT2D eigenvalue weighted by Crippen LogP contribution is -2.34. The molecule has 33 heavy (non-hydrogen) atoms. The molecule has 0 unspecified atom stereocenters. The summed E-state index contributed by atoms with van der Waals surface area (Å²) in [5.74, 6) is 5.04. The van der Waals surface area contributed by atoms with Gasteiger partial charge in [0.05, 0.1) is 24.3 Å². The monoisotopic (exact) mass is 472 g/mol. The van der Waals surface area contributed by atoms with E-state index >= 15 is 0 Å². The zero-order chi connectivity index (χ0) is 24.2. The van der Waals surface area contributed by atoms with E-state index in [-0.39, 0.29) is 23.6 Å². The van der Waals surface area contributed by atoms with Crippen molar-refractivity contribution in [2.75, 3.05) is 6.61 Å². The molecule has 0 aliphatic rings. The fraction of sp³-hybridized carbons (Fsp3) is 0.200. The highest BCUT2D eigenvalue weighted by Gasteiger charge is 2.36. The van der Waals surface area contributed by atoms with Crippen molar-refractivity contribution in [3.05, 3.63) is 71.9 Å². The second-order valence-corrected chi connectivity index (χ2v) is 6.80. The van der Waals surface area contributed by atoms with E-state index in [2.05, 4.69) is 9.97 Å². The number of aromatic nitrogens is 3. The Morgan fingerprint density at radius 1 is 1.03 bits per heavy atom.